The third-order valence-electron chi connectivity index (χ3n) is 5.35. The maximum absolute atomic E-state index is 12.8. The van der Waals surface area contributed by atoms with Gasteiger partial charge in [0.25, 0.3) is 5.91 Å². The molecule has 1 atom stereocenters. The van der Waals surface area contributed by atoms with Crippen LogP contribution >= 0.6 is 11.8 Å². The van der Waals surface area contributed by atoms with E-state index in [9.17, 15) is 4.79 Å². The fourth-order valence-electron chi connectivity index (χ4n) is 3.85. The van der Waals surface area contributed by atoms with Gasteiger partial charge in [0.2, 0.25) is 0 Å². The number of fused-ring (bicyclic) bond motifs is 1. The minimum atomic E-state index is 0.127. The van der Waals surface area contributed by atoms with Crippen LogP contribution in [-0.4, -0.2) is 29.9 Å². The van der Waals surface area contributed by atoms with E-state index in [1.165, 1.54) is 0 Å². The summed E-state index contributed by atoms with van der Waals surface area (Å²) in [6.45, 7) is 3.66. The Kier molecular flexibility index (Phi) is 5.62. The number of hydrogen-bond acceptors (Lipinski definition) is 4. The van der Waals surface area contributed by atoms with Crippen LogP contribution < -0.4 is 14.9 Å². The molecule has 27 heavy (non-hydrogen) atoms. The molecule has 0 aromatic heterocycles. The van der Waals surface area contributed by atoms with Crippen LogP contribution in [0.3, 0.4) is 0 Å². The molecule has 0 aliphatic carbocycles. The number of amides is 1. The van der Waals surface area contributed by atoms with Crippen molar-refractivity contribution in [2.75, 3.05) is 13.1 Å². The molecule has 2 N–H and O–H groups in total. The fourth-order valence-corrected chi connectivity index (χ4v) is 4.00. The summed E-state index contributed by atoms with van der Waals surface area (Å²) in [5.41, 5.74) is 4.00. The maximum atomic E-state index is 12.8. The van der Waals surface area contributed by atoms with Crippen LogP contribution in [-0.2, 0) is 19.7 Å². The van der Waals surface area contributed by atoms with Gasteiger partial charge >= 0.3 is 0 Å². The number of benzene rings is 2. The zero-order chi connectivity index (χ0) is 18.6. The smallest absolute Gasteiger partial charge is 0.254 e. The summed E-state index contributed by atoms with van der Waals surface area (Å²) in [6.07, 6.45) is 2.18. The van der Waals surface area contributed by atoms with E-state index < -0.39 is 0 Å². The Labute approximate surface area is 164 Å². The van der Waals surface area contributed by atoms with E-state index in [2.05, 4.69) is 10.2 Å². The average Bonchev–Trinajstić information content (AvgIpc) is 3.06. The number of halogens is 1. The summed E-state index contributed by atoms with van der Waals surface area (Å²) in [6, 6.07) is 14.2. The van der Waals surface area contributed by atoms with Gasteiger partial charge in [0.15, 0.2) is 0 Å². The Morgan fingerprint density at radius 2 is 2.00 bits per heavy atom. The number of ether oxygens (including phenoxy) is 1. The van der Waals surface area contributed by atoms with Crippen molar-refractivity contribution in [2.24, 2.45) is 0 Å². The molecule has 2 heterocycles. The normalized spacial score (nSPS) is 19.2. The second-order valence-electron chi connectivity index (χ2n) is 7.13. The zero-order valence-electron chi connectivity index (χ0n) is 15.2. The number of hydrogen-bond donors (Lipinski definition) is 2. The molecule has 1 fully saturated rings. The quantitative estimate of drug-likeness (QED) is 0.750. The SMILES string of the molecule is O=C1c2cccc(OCc3ccc(CNCl)cc3)c2CN1C1CCCNC1. The summed E-state index contributed by atoms with van der Waals surface area (Å²) in [7, 11) is 0. The first-order valence-electron chi connectivity index (χ1n) is 9.44. The minimum absolute atomic E-state index is 0.127. The molecule has 0 radical (unpaired) electrons. The molecule has 142 valence electrons. The molecule has 2 aliphatic heterocycles. The molecule has 2 aromatic carbocycles. The summed E-state index contributed by atoms with van der Waals surface area (Å²) in [4.78, 5) is 17.5. The Morgan fingerprint density at radius 3 is 2.74 bits per heavy atom. The lowest BCUT2D eigenvalue weighted by atomic mass is 10.1. The van der Waals surface area contributed by atoms with Gasteiger partial charge in [0.1, 0.15) is 12.4 Å². The van der Waals surface area contributed by atoms with Gasteiger partial charge in [0.05, 0.1) is 6.54 Å². The van der Waals surface area contributed by atoms with Crippen molar-refractivity contribution in [2.45, 2.75) is 38.6 Å². The summed E-state index contributed by atoms with van der Waals surface area (Å²) < 4.78 is 6.08. The van der Waals surface area contributed by atoms with Crippen LogP contribution in [0.1, 0.15) is 39.9 Å². The minimum Gasteiger partial charge on any atom is -0.489 e. The highest BCUT2D eigenvalue weighted by atomic mass is 35.5. The van der Waals surface area contributed by atoms with Gasteiger partial charge in [-0.05, 0) is 54.4 Å². The predicted molar refractivity (Wildman–Crippen MR) is 106 cm³/mol. The predicted octanol–water partition coefficient (Wildman–Crippen LogP) is 3.22. The number of carbonyl (C=O) groups is 1. The first-order valence-corrected chi connectivity index (χ1v) is 9.82. The molecule has 0 saturated carbocycles. The lowest BCUT2D eigenvalue weighted by molar-refractivity contribution is 0.0674. The summed E-state index contributed by atoms with van der Waals surface area (Å²) in [5, 5.41) is 3.40. The Balaban J connectivity index is 1.46. The molecule has 0 bridgehead atoms. The van der Waals surface area contributed by atoms with Gasteiger partial charge in [-0.1, -0.05) is 30.3 Å². The number of nitrogens with one attached hydrogen (secondary N) is 2. The van der Waals surface area contributed by atoms with Gasteiger partial charge in [-0.25, -0.2) is 4.84 Å². The number of piperidine rings is 1. The number of carbonyl (C=O) groups excluding carboxylic acids is 1. The van der Waals surface area contributed by atoms with Crippen molar-refractivity contribution in [1.82, 2.24) is 15.1 Å². The first-order chi connectivity index (χ1) is 13.3. The average molecular weight is 386 g/mol. The van der Waals surface area contributed by atoms with Crippen LogP contribution in [0.2, 0.25) is 0 Å². The van der Waals surface area contributed by atoms with Gasteiger partial charge in [-0.2, -0.15) is 0 Å². The second-order valence-corrected chi connectivity index (χ2v) is 7.40. The molecule has 0 spiro atoms. The molecule has 2 aromatic rings. The molecule has 2 aliphatic rings. The Hall–Kier alpha value is -2.08. The molecule has 4 rings (SSSR count). The maximum Gasteiger partial charge on any atom is 0.254 e. The molecule has 1 saturated heterocycles. The van der Waals surface area contributed by atoms with Crippen molar-refractivity contribution in [3.63, 3.8) is 0 Å². The molecule has 5 nitrogen and oxygen atoms in total. The van der Waals surface area contributed by atoms with Gasteiger partial charge in [0, 0.05) is 30.3 Å². The van der Waals surface area contributed by atoms with Crippen molar-refractivity contribution < 1.29 is 9.53 Å². The fraction of sp³-hybridized carbons (Fsp3) is 0.381. The third kappa shape index (κ3) is 3.95. The molecular formula is C21H24ClN3O2. The van der Waals surface area contributed by atoms with E-state index >= 15 is 0 Å². The van der Waals surface area contributed by atoms with E-state index in [1.807, 2.05) is 47.4 Å². The number of nitrogens with zero attached hydrogens (tertiary/aromatic N) is 1. The zero-order valence-corrected chi connectivity index (χ0v) is 16.0. The van der Waals surface area contributed by atoms with Gasteiger partial charge in [-0.15, -0.1) is 0 Å². The summed E-state index contributed by atoms with van der Waals surface area (Å²) >= 11 is 5.54. The van der Waals surface area contributed by atoms with Crippen LogP contribution in [0.25, 0.3) is 0 Å². The van der Waals surface area contributed by atoms with Crippen molar-refractivity contribution in [3.8, 4) is 5.75 Å². The van der Waals surface area contributed by atoms with E-state index in [0.717, 1.165) is 53.9 Å². The Bertz CT molecular complexity index is 804. The molecule has 1 unspecified atom stereocenters. The van der Waals surface area contributed by atoms with E-state index in [1.54, 1.807) is 0 Å². The molecule has 1 amide bonds. The second kappa shape index (κ2) is 8.30. The van der Waals surface area contributed by atoms with Crippen LogP contribution in [0.4, 0.5) is 0 Å². The highest BCUT2D eigenvalue weighted by Gasteiger charge is 2.34. The monoisotopic (exact) mass is 385 g/mol. The van der Waals surface area contributed by atoms with E-state index in [-0.39, 0.29) is 11.9 Å². The lowest BCUT2D eigenvalue weighted by Gasteiger charge is -2.31. The van der Waals surface area contributed by atoms with Crippen LogP contribution in [0, 0.1) is 0 Å². The molecule has 6 heteroatoms. The highest BCUT2D eigenvalue weighted by Crippen LogP contribution is 2.33. The van der Waals surface area contributed by atoms with Gasteiger partial charge < -0.3 is 15.0 Å². The summed E-state index contributed by atoms with van der Waals surface area (Å²) in [5.74, 6) is 0.931. The van der Waals surface area contributed by atoms with E-state index in [4.69, 9.17) is 16.5 Å². The van der Waals surface area contributed by atoms with Crippen molar-refractivity contribution in [1.29, 1.82) is 0 Å². The van der Waals surface area contributed by atoms with E-state index in [0.29, 0.717) is 19.7 Å². The third-order valence-corrected chi connectivity index (χ3v) is 5.49. The highest BCUT2D eigenvalue weighted by molar-refractivity contribution is 6.13. The topological polar surface area (TPSA) is 53.6 Å². The largest absolute Gasteiger partial charge is 0.489 e. The number of rotatable bonds is 6. The van der Waals surface area contributed by atoms with Crippen LogP contribution in [0.15, 0.2) is 42.5 Å². The first kappa shape index (κ1) is 18.3. The van der Waals surface area contributed by atoms with Gasteiger partial charge in [-0.3, -0.25) is 4.79 Å². The van der Waals surface area contributed by atoms with Crippen molar-refractivity contribution >= 4 is 17.7 Å². The standard InChI is InChI=1S/C21H24ClN3O2/c22-24-11-15-6-8-16(9-7-15)14-27-20-5-1-4-18-19(20)13-25(21(18)26)17-3-2-10-23-12-17/h1,4-9,17,23-24H,2-3,10-14H2. The lowest BCUT2D eigenvalue weighted by Crippen LogP contribution is -2.46. The van der Waals surface area contributed by atoms with Crippen LogP contribution in [0.5, 0.6) is 5.75 Å². The molecular weight excluding hydrogens is 362 g/mol. The Morgan fingerprint density at radius 1 is 1.19 bits per heavy atom. The van der Waals surface area contributed by atoms with Crippen molar-refractivity contribution in [3.05, 3.63) is 64.7 Å².